The molecular formula is C15H16FN3O4S. The molecule has 1 heterocycles. The SMILES string of the molecule is Cc1cc(NC(=O)CN(C2CC2)S(=O)(=O)c2ccc(F)cc2)no1. The Morgan fingerprint density at radius 1 is 1.38 bits per heavy atom. The number of carbonyl (C=O) groups is 1. The number of hydrogen-bond donors (Lipinski definition) is 1. The third kappa shape index (κ3) is 3.62. The predicted octanol–water partition coefficient (Wildman–Crippen LogP) is 1.91. The lowest BCUT2D eigenvalue weighted by Crippen LogP contribution is -2.39. The molecular weight excluding hydrogens is 337 g/mol. The van der Waals surface area contributed by atoms with Gasteiger partial charge < -0.3 is 9.84 Å². The molecule has 0 spiro atoms. The van der Waals surface area contributed by atoms with E-state index >= 15 is 0 Å². The number of aryl methyl sites for hydroxylation is 1. The summed E-state index contributed by atoms with van der Waals surface area (Å²) in [6.45, 7) is 1.34. The molecule has 0 bridgehead atoms. The number of halogens is 1. The molecule has 128 valence electrons. The molecule has 0 unspecified atom stereocenters. The van der Waals surface area contributed by atoms with Gasteiger partial charge in [0, 0.05) is 12.1 Å². The third-order valence-corrected chi connectivity index (χ3v) is 5.48. The molecule has 1 amide bonds. The highest BCUT2D eigenvalue weighted by atomic mass is 32.2. The molecule has 1 aliphatic rings. The maximum absolute atomic E-state index is 13.0. The van der Waals surface area contributed by atoms with Crippen LogP contribution in [-0.2, 0) is 14.8 Å². The minimum absolute atomic E-state index is 0.0409. The lowest BCUT2D eigenvalue weighted by molar-refractivity contribution is -0.116. The summed E-state index contributed by atoms with van der Waals surface area (Å²) in [6.07, 6.45) is 1.38. The smallest absolute Gasteiger partial charge is 0.243 e. The second-order valence-electron chi connectivity index (χ2n) is 5.61. The van der Waals surface area contributed by atoms with Crippen LogP contribution in [0.1, 0.15) is 18.6 Å². The molecule has 0 radical (unpaired) electrons. The van der Waals surface area contributed by atoms with Crippen LogP contribution in [-0.4, -0.2) is 36.4 Å². The van der Waals surface area contributed by atoms with Crippen molar-refractivity contribution in [3.63, 3.8) is 0 Å². The highest BCUT2D eigenvalue weighted by Crippen LogP contribution is 2.32. The molecule has 1 fully saturated rings. The number of benzene rings is 1. The van der Waals surface area contributed by atoms with Crippen molar-refractivity contribution in [3.05, 3.63) is 41.9 Å². The molecule has 1 aromatic heterocycles. The molecule has 7 nitrogen and oxygen atoms in total. The highest BCUT2D eigenvalue weighted by Gasteiger charge is 2.39. The fraction of sp³-hybridized carbons (Fsp3) is 0.333. The monoisotopic (exact) mass is 353 g/mol. The van der Waals surface area contributed by atoms with E-state index in [0.29, 0.717) is 18.6 Å². The Morgan fingerprint density at radius 2 is 2.04 bits per heavy atom. The normalized spacial score (nSPS) is 14.8. The quantitative estimate of drug-likeness (QED) is 0.856. The minimum Gasteiger partial charge on any atom is -0.360 e. The Balaban J connectivity index is 1.77. The van der Waals surface area contributed by atoms with Gasteiger partial charge in [-0.3, -0.25) is 4.79 Å². The van der Waals surface area contributed by atoms with Crippen LogP contribution in [0, 0.1) is 12.7 Å². The van der Waals surface area contributed by atoms with Crippen LogP contribution in [0.5, 0.6) is 0 Å². The van der Waals surface area contributed by atoms with Gasteiger partial charge in [-0.2, -0.15) is 4.31 Å². The number of amides is 1. The van der Waals surface area contributed by atoms with E-state index in [9.17, 15) is 17.6 Å². The molecule has 2 aromatic rings. The van der Waals surface area contributed by atoms with Gasteiger partial charge >= 0.3 is 0 Å². The van der Waals surface area contributed by atoms with E-state index in [1.54, 1.807) is 6.92 Å². The number of aromatic nitrogens is 1. The number of rotatable bonds is 6. The summed E-state index contributed by atoms with van der Waals surface area (Å²) in [5.41, 5.74) is 0. The zero-order chi connectivity index (χ0) is 17.3. The van der Waals surface area contributed by atoms with Gasteiger partial charge in [0.1, 0.15) is 11.6 Å². The summed E-state index contributed by atoms with van der Waals surface area (Å²) < 4.78 is 44.4. The number of nitrogens with one attached hydrogen (secondary N) is 1. The van der Waals surface area contributed by atoms with Crippen LogP contribution in [0.25, 0.3) is 0 Å². The summed E-state index contributed by atoms with van der Waals surface area (Å²) in [6, 6.07) is 5.86. The van der Waals surface area contributed by atoms with E-state index in [2.05, 4.69) is 10.5 Å². The summed E-state index contributed by atoms with van der Waals surface area (Å²) in [7, 11) is -3.87. The number of nitrogens with zero attached hydrogens (tertiary/aromatic N) is 2. The van der Waals surface area contributed by atoms with E-state index < -0.39 is 21.7 Å². The van der Waals surface area contributed by atoms with Crippen molar-refractivity contribution in [3.8, 4) is 0 Å². The number of carbonyl (C=O) groups excluding carboxylic acids is 1. The molecule has 1 aliphatic carbocycles. The van der Waals surface area contributed by atoms with Crippen LogP contribution in [0.15, 0.2) is 39.8 Å². The maximum Gasteiger partial charge on any atom is 0.243 e. The van der Waals surface area contributed by atoms with E-state index in [1.807, 2.05) is 0 Å². The molecule has 1 aromatic carbocycles. The molecule has 1 saturated carbocycles. The van der Waals surface area contributed by atoms with Crippen LogP contribution in [0.2, 0.25) is 0 Å². The van der Waals surface area contributed by atoms with Crippen molar-refractivity contribution >= 4 is 21.7 Å². The van der Waals surface area contributed by atoms with Crippen LogP contribution >= 0.6 is 0 Å². The third-order valence-electron chi connectivity index (χ3n) is 3.57. The van der Waals surface area contributed by atoms with E-state index in [4.69, 9.17) is 4.52 Å². The maximum atomic E-state index is 13.0. The molecule has 0 aliphatic heterocycles. The van der Waals surface area contributed by atoms with Gasteiger partial charge in [-0.25, -0.2) is 12.8 Å². The highest BCUT2D eigenvalue weighted by molar-refractivity contribution is 7.89. The number of hydrogen-bond acceptors (Lipinski definition) is 5. The molecule has 1 N–H and O–H groups in total. The number of sulfonamides is 1. The van der Waals surface area contributed by atoms with Gasteiger partial charge in [-0.05, 0) is 44.0 Å². The first kappa shape index (κ1) is 16.6. The van der Waals surface area contributed by atoms with Crippen molar-refractivity contribution in [2.45, 2.75) is 30.7 Å². The van der Waals surface area contributed by atoms with Crippen molar-refractivity contribution in [1.82, 2.24) is 9.46 Å². The van der Waals surface area contributed by atoms with Crippen molar-refractivity contribution < 1.29 is 22.1 Å². The van der Waals surface area contributed by atoms with Crippen LogP contribution in [0.3, 0.4) is 0 Å². The van der Waals surface area contributed by atoms with Gasteiger partial charge in [0.05, 0.1) is 11.4 Å². The Kier molecular flexibility index (Phi) is 4.37. The fourth-order valence-electron chi connectivity index (χ4n) is 2.26. The first-order valence-electron chi connectivity index (χ1n) is 7.37. The standard InChI is InChI=1S/C15H16FN3O4S/c1-10-8-14(18-23-10)17-15(20)9-19(12-4-5-12)24(21,22)13-6-2-11(16)3-7-13/h2-3,6-8,12H,4-5,9H2,1H3,(H,17,18,20). The Bertz CT molecular complexity index is 844. The summed E-state index contributed by atoms with van der Waals surface area (Å²) in [4.78, 5) is 12.1. The largest absolute Gasteiger partial charge is 0.360 e. The van der Waals surface area contributed by atoms with E-state index in [1.165, 1.54) is 18.2 Å². The summed E-state index contributed by atoms with van der Waals surface area (Å²) in [5, 5.41) is 6.14. The van der Waals surface area contributed by atoms with Gasteiger partial charge in [0.2, 0.25) is 15.9 Å². The average molecular weight is 353 g/mol. The lowest BCUT2D eigenvalue weighted by atomic mass is 10.4. The number of anilines is 1. The zero-order valence-corrected chi connectivity index (χ0v) is 13.7. The summed E-state index contributed by atoms with van der Waals surface area (Å²) >= 11 is 0. The molecule has 3 rings (SSSR count). The Hall–Kier alpha value is -2.26. The molecule has 0 saturated heterocycles. The summed E-state index contributed by atoms with van der Waals surface area (Å²) in [5.74, 6) is -0.275. The topological polar surface area (TPSA) is 92.5 Å². The van der Waals surface area contributed by atoms with E-state index in [0.717, 1.165) is 16.4 Å². The second-order valence-corrected chi connectivity index (χ2v) is 7.50. The zero-order valence-electron chi connectivity index (χ0n) is 12.9. The van der Waals surface area contributed by atoms with Crippen LogP contribution < -0.4 is 5.32 Å². The van der Waals surface area contributed by atoms with Crippen molar-refractivity contribution in [1.29, 1.82) is 0 Å². The van der Waals surface area contributed by atoms with Crippen LogP contribution in [0.4, 0.5) is 10.2 Å². The lowest BCUT2D eigenvalue weighted by Gasteiger charge is -2.21. The molecule has 9 heteroatoms. The molecule has 24 heavy (non-hydrogen) atoms. The average Bonchev–Trinajstić information content (AvgIpc) is 3.28. The predicted molar refractivity (Wildman–Crippen MR) is 83.2 cm³/mol. The fourth-order valence-corrected chi connectivity index (χ4v) is 3.91. The van der Waals surface area contributed by atoms with Crippen molar-refractivity contribution in [2.75, 3.05) is 11.9 Å². The van der Waals surface area contributed by atoms with Gasteiger partial charge in [-0.1, -0.05) is 5.16 Å². The molecule has 0 atom stereocenters. The minimum atomic E-state index is -3.87. The van der Waals surface area contributed by atoms with Crippen molar-refractivity contribution in [2.24, 2.45) is 0 Å². The first-order valence-corrected chi connectivity index (χ1v) is 8.81. The van der Waals surface area contributed by atoms with Gasteiger partial charge in [-0.15, -0.1) is 0 Å². The Labute approximate surface area is 138 Å². The second kappa shape index (κ2) is 6.33. The van der Waals surface area contributed by atoms with Gasteiger partial charge in [0.25, 0.3) is 0 Å². The Morgan fingerprint density at radius 3 is 2.58 bits per heavy atom. The van der Waals surface area contributed by atoms with Gasteiger partial charge in [0.15, 0.2) is 5.82 Å². The van der Waals surface area contributed by atoms with E-state index in [-0.39, 0.29) is 23.3 Å². The first-order chi connectivity index (χ1) is 11.4.